The van der Waals surface area contributed by atoms with Crippen LogP contribution >= 0.6 is 23.2 Å². The number of hydrogen-bond donors (Lipinski definition) is 0. The molecule has 0 saturated heterocycles. The van der Waals surface area contributed by atoms with Crippen LogP contribution in [-0.4, -0.2) is 26.3 Å². The zero-order valence-electron chi connectivity index (χ0n) is 17.4. The van der Waals surface area contributed by atoms with Gasteiger partial charge in [-0.15, -0.1) is 0 Å². The highest BCUT2D eigenvalue weighted by Gasteiger charge is 2.37. The van der Waals surface area contributed by atoms with Crippen LogP contribution in [-0.2, 0) is 16.6 Å². The standard InChI is InChI=1S/C24H20Cl2N4O2/c1-15-19(13-29-30(15)17-3-4-20(25)21(26)11-17)22(32)10-16-2-5-23(28-12-16)24(14-27)8-6-18(31)7-9-24/h2-5,11-13H,6-10H2,1H3. The van der Waals surface area contributed by atoms with Gasteiger partial charge in [0.15, 0.2) is 5.78 Å². The van der Waals surface area contributed by atoms with Crippen molar-refractivity contribution in [3.05, 3.63) is 75.3 Å². The van der Waals surface area contributed by atoms with Gasteiger partial charge in [0.2, 0.25) is 0 Å². The Balaban J connectivity index is 1.51. The summed E-state index contributed by atoms with van der Waals surface area (Å²) >= 11 is 12.1. The van der Waals surface area contributed by atoms with E-state index in [2.05, 4.69) is 16.2 Å². The Morgan fingerprint density at radius 2 is 1.91 bits per heavy atom. The molecule has 0 unspecified atom stereocenters. The number of hydrogen-bond acceptors (Lipinski definition) is 5. The van der Waals surface area contributed by atoms with Gasteiger partial charge in [-0.2, -0.15) is 10.4 Å². The number of Topliss-reactive ketones (excluding diaryl/α,β-unsaturated/α-hetero) is 2. The van der Waals surface area contributed by atoms with E-state index in [1.165, 1.54) is 0 Å². The summed E-state index contributed by atoms with van der Waals surface area (Å²) in [5.74, 6) is 0.108. The number of carbonyl (C=O) groups excluding carboxylic acids is 2. The summed E-state index contributed by atoms with van der Waals surface area (Å²) in [6.45, 7) is 1.82. The molecule has 3 aromatic rings. The first kappa shape index (κ1) is 22.2. The van der Waals surface area contributed by atoms with Gasteiger partial charge in [0, 0.05) is 25.5 Å². The van der Waals surface area contributed by atoms with Crippen LogP contribution in [0.1, 0.15) is 53.0 Å². The van der Waals surface area contributed by atoms with E-state index < -0.39 is 5.41 Å². The molecule has 2 aromatic heterocycles. The first-order valence-corrected chi connectivity index (χ1v) is 11.0. The molecule has 1 aliphatic carbocycles. The number of ketones is 2. The van der Waals surface area contributed by atoms with E-state index in [1.807, 2.05) is 13.0 Å². The van der Waals surface area contributed by atoms with Crippen LogP contribution in [0.4, 0.5) is 0 Å². The van der Waals surface area contributed by atoms with Gasteiger partial charge in [0.05, 0.1) is 45.0 Å². The summed E-state index contributed by atoms with van der Waals surface area (Å²) < 4.78 is 1.65. The molecule has 162 valence electrons. The summed E-state index contributed by atoms with van der Waals surface area (Å²) in [7, 11) is 0. The molecule has 6 nitrogen and oxygen atoms in total. The van der Waals surface area contributed by atoms with Crippen molar-refractivity contribution in [2.75, 3.05) is 0 Å². The number of halogens is 2. The normalized spacial score (nSPS) is 15.4. The second-order valence-electron chi connectivity index (χ2n) is 8.04. The maximum Gasteiger partial charge on any atom is 0.170 e. The molecule has 0 bridgehead atoms. The number of carbonyl (C=O) groups is 2. The van der Waals surface area contributed by atoms with Gasteiger partial charge in [0.1, 0.15) is 11.2 Å². The minimum Gasteiger partial charge on any atom is -0.300 e. The van der Waals surface area contributed by atoms with E-state index in [9.17, 15) is 14.9 Å². The first-order chi connectivity index (χ1) is 15.3. The third-order valence-corrected chi connectivity index (χ3v) is 6.75. The Morgan fingerprint density at radius 3 is 2.53 bits per heavy atom. The number of benzene rings is 1. The second kappa shape index (κ2) is 8.85. The summed E-state index contributed by atoms with van der Waals surface area (Å²) in [5.41, 5.74) is 2.61. The lowest BCUT2D eigenvalue weighted by molar-refractivity contribution is -0.121. The monoisotopic (exact) mass is 466 g/mol. The lowest BCUT2D eigenvalue weighted by Crippen LogP contribution is -2.31. The van der Waals surface area contributed by atoms with Crippen LogP contribution in [0.2, 0.25) is 10.0 Å². The highest BCUT2D eigenvalue weighted by atomic mass is 35.5. The third-order valence-electron chi connectivity index (χ3n) is 6.01. The predicted octanol–water partition coefficient (Wildman–Crippen LogP) is 5.21. The molecule has 4 rings (SSSR count). The predicted molar refractivity (Wildman–Crippen MR) is 121 cm³/mol. The zero-order valence-corrected chi connectivity index (χ0v) is 19.0. The zero-order chi connectivity index (χ0) is 22.9. The van der Waals surface area contributed by atoms with Crippen LogP contribution in [0.5, 0.6) is 0 Å². The molecule has 0 atom stereocenters. The minimum absolute atomic E-state index is 0.0818. The Kier molecular flexibility index (Phi) is 6.14. The quantitative estimate of drug-likeness (QED) is 0.481. The number of rotatable bonds is 5. The fourth-order valence-corrected chi connectivity index (χ4v) is 4.33. The molecule has 32 heavy (non-hydrogen) atoms. The SMILES string of the molecule is Cc1c(C(=O)Cc2ccc(C3(C#N)CCC(=O)CC3)nc2)cnn1-c1ccc(Cl)c(Cl)c1. The topological polar surface area (TPSA) is 88.6 Å². The molecule has 0 spiro atoms. The Labute approximate surface area is 195 Å². The van der Waals surface area contributed by atoms with Gasteiger partial charge in [-0.05, 0) is 49.6 Å². The highest BCUT2D eigenvalue weighted by Crippen LogP contribution is 2.36. The van der Waals surface area contributed by atoms with Crippen LogP contribution in [0.25, 0.3) is 5.69 Å². The molecule has 0 radical (unpaired) electrons. The van der Waals surface area contributed by atoms with Crippen LogP contribution in [0.3, 0.4) is 0 Å². The number of pyridine rings is 1. The summed E-state index contributed by atoms with van der Waals surface area (Å²) in [4.78, 5) is 29.0. The summed E-state index contributed by atoms with van der Waals surface area (Å²) in [6.07, 6.45) is 5.13. The fraction of sp³-hybridized carbons (Fsp3) is 0.292. The van der Waals surface area contributed by atoms with Crippen molar-refractivity contribution in [3.63, 3.8) is 0 Å². The molecular weight excluding hydrogens is 447 g/mol. The average Bonchev–Trinajstić information content (AvgIpc) is 3.18. The third kappa shape index (κ3) is 4.19. The van der Waals surface area contributed by atoms with Crippen molar-refractivity contribution in [2.45, 2.75) is 44.4 Å². The lowest BCUT2D eigenvalue weighted by Gasteiger charge is -2.29. The van der Waals surface area contributed by atoms with E-state index in [0.717, 1.165) is 11.3 Å². The Hall–Kier alpha value is -3.01. The van der Waals surface area contributed by atoms with Crippen molar-refractivity contribution in [3.8, 4) is 11.8 Å². The molecule has 0 N–H and O–H groups in total. The highest BCUT2D eigenvalue weighted by molar-refractivity contribution is 6.42. The number of nitriles is 1. The molecule has 1 saturated carbocycles. The van der Waals surface area contributed by atoms with E-state index in [-0.39, 0.29) is 18.0 Å². The van der Waals surface area contributed by atoms with Crippen LogP contribution < -0.4 is 0 Å². The smallest absolute Gasteiger partial charge is 0.170 e. The van der Waals surface area contributed by atoms with Gasteiger partial charge in [-0.3, -0.25) is 14.6 Å². The van der Waals surface area contributed by atoms with Crippen LogP contribution in [0, 0.1) is 18.3 Å². The summed E-state index contributed by atoms with van der Waals surface area (Å²) in [6, 6.07) is 11.2. The van der Waals surface area contributed by atoms with E-state index >= 15 is 0 Å². The lowest BCUT2D eigenvalue weighted by atomic mass is 9.72. The van der Waals surface area contributed by atoms with Gasteiger partial charge >= 0.3 is 0 Å². The molecular formula is C24H20Cl2N4O2. The Morgan fingerprint density at radius 1 is 1.16 bits per heavy atom. The maximum absolute atomic E-state index is 12.9. The van der Waals surface area contributed by atoms with E-state index in [1.54, 1.807) is 41.3 Å². The maximum atomic E-state index is 12.9. The fourth-order valence-electron chi connectivity index (χ4n) is 4.03. The van der Waals surface area contributed by atoms with Crippen molar-refractivity contribution < 1.29 is 9.59 Å². The van der Waals surface area contributed by atoms with Crippen molar-refractivity contribution in [2.24, 2.45) is 0 Å². The summed E-state index contributed by atoms with van der Waals surface area (Å²) in [5, 5.41) is 14.9. The first-order valence-electron chi connectivity index (χ1n) is 10.2. The van der Waals surface area contributed by atoms with Gasteiger partial charge in [-0.1, -0.05) is 29.3 Å². The molecule has 8 heteroatoms. The Bertz CT molecular complexity index is 1230. The second-order valence-corrected chi connectivity index (χ2v) is 8.85. The van der Waals surface area contributed by atoms with E-state index in [4.69, 9.17) is 23.2 Å². The van der Waals surface area contributed by atoms with Crippen molar-refractivity contribution >= 4 is 34.8 Å². The molecule has 1 aromatic carbocycles. The number of aromatic nitrogens is 3. The molecule has 1 aliphatic rings. The van der Waals surface area contributed by atoms with Gasteiger partial charge in [0.25, 0.3) is 0 Å². The average molecular weight is 467 g/mol. The van der Waals surface area contributed by atoms with E-state index in [0.29, 0.717) is 52.7 Å². The molecule has 0 amide bonds. The van der Waals surface area contributed by atoms with Gasteiger partial charge < -0.3 is 0 Å². The minimum atomic E-state index is -0.728. The van der Waals surface area contributed by atoms with Crippen LogP contribution in [0.15, 0.2) is 42.7 Å². The molecule has 0 aliphatic heterocycles. The number of nitrogens with zero attached hydrogens (tertiary/aromatic N) is 4. The van der Waals surface area contributed by atoms with Crippen molar-refractivity contribution in [1.82, 2.24) is 14.8 Å². The molecule has 2 heterocycles. The largest absolute Gasteiger partial charge is 0.300 e. The van der Waals surface area contributed by atoms with Crippen molar-refractivity contribution in [1.29, 1.82) is 5.26 Å². The molecule has 1 fully saturated rings. The van der Waals surface area contributed by atoms with Gasteiger partial charge in [-0.25, -0.2) is 4.68 Å².